The number of aromatic hydroxyl groups is 2. The van der Waals surface area contributed by atoms with Gasteiger partial charge in [-0.05, 0) is 52.3 Å². The molecule has 0 aromatic heterocycles. The Morgan fingerprint density at radius 1 is 0.792 bits per heavy atom. The minimum Gasteiger partial charge on any atom is -0.508 e. The number of hydrogen-bond donors (Lipinski definition) is 2. The molecule has 0 saturated heterocycles. The normalized spacial score (nSPS) is 13.8. The molecule has 3 aromatic rings. The predicted octanol–water partition coefficient (Wildman–Crippen LogP) is 3.45. The van der Waals surface area contributed by atoms with Crippen LogP contribution in [0.4, 0.5) is 0 Å². The van der Waals surface area contributed by atoms with Gasteiger partial charge in [-0.15, -0.1) is 0 Å². The van der Waals surface area contributed by atoms with Gasteiger partial charge in [0.25, 0.3) is 0 Å². The van der Waals surface area contributed by atoms with Crippen molar-refractivity contribution in [2.45, 2.75) is 0 Å². The molecule has 4 nitrogen and oxygen atoms in total. The van der Waals surface area contributed by atoms with E-state index in [1.54, 1.807) is 12.1 Å². The number of phenolic OH excluding ortho intramolecular Hbond substituents is 2. The summed E-state index contributed by atoms with van der Waals surface area (Å²) in [5, 5.41) is 21.9. The molecule has 0 saturated carbocycles. The van der Waals surface area contributed by atoms with Gasteiger partial charge in [0.15, 0.2) is 0 Å². The minimum atomic E-state index is -0.643. The summed E-state index contributed by atoms with van der Waals surface area (Å²) in [6, 6.07) is 15.0. The SMILES string of the molecule is O=C1C=C(c2c(O)ccc3ccccc23)c2cc(O)ccc2C1=O. The van der Waals surface area contributed by atoms with E-state index in [0.717, 1.165) is 10.8 Å². The van der Waals surface area contributed by atoms with Crippen molar-refractivity contribution in [3.8, 4) is 11.5 Å². The molecule has 4 heteroatoms. The summed E-state index contributed by atoms with van der Waals surface area (Å²) in [6.45, 7) is 0. The van der Waals surface area contributed by atoms with Crippen molar-refractivity contribution in [2.75, 3.05) is 0 Å². The highest BCUT2D eigenvalue weighted by molar-refractivity contribution is 6.51. The lowest BCUT2D eigenvalue weighted by Gasteiger charge is -2.19. The van der Waals surface area contributed by atoms with E-state index in [-0.39, 0.29) is 17.1 Å². The zero-order valence-electron chi connectivity index (χ0n) is 12.5. The fraction of sp³-hybridized carbons (Fsp3) is 0. The van der Waals surface area contributed by atoms with Crippen molar-refractivity contribution in [1.82, 2.24) is 0 Å². The monoisotopic (exact) mass is 316 g/mol. The lowest BCUT2D eigenvalue weighted by atomic mass is 9.83. The molecule has 1 aliphatic rings. The molecule has 0 amide bonds. The molecule has 0 spiro atoms. The number of carbonyl (C=O) groups excluding carboxylic acids is 2. The van der Waals surface area contributed by atoms with Crippen LogP contribution < -0.4 is 0 Å². The maximum atomic E-state index is 12.1. The smallest absolute Gasteiger partial charge is 0.233 e. The van der Waals surface area contributed by atoms with Gasteiger partial charge in [0, 0.05) is 11.1 Å². The molecule has 0 radical (unpaired) electrons. The lowest BCUT2D eigenvalue weighted by molar-refractivity contribution is -0.111. The van der Waals surface area contributed by atoms with E-state index in [4.69, 9.17) is 0 Å². The Bertz CT molecular complexity index is 1060. The number of phenols is 2. The second kappa shape index (κ2) is 5.06. The van der Waals surface area contributed by atoms with Crippen LogP contribution in [0, 0.1) is 0 Å². The van der Waals surface area contributed by atoms with Crippen LogP contribution in [0.2, 0.25) is 0 Å². The average molecular weight is 316 g/mol. The van der Waals surface area contributed by atoms with Crippen LogP contribution in [-0.2, 0) is 4.79 Å². The number of hydrogen-bond acceptors (Lipinski definition) is 4. The fourth-order valence-electron chi connectivity index (χ4n) is 3.11. The average Bonchev–Trinajstić information content (AvgIpc) is 2.58. The molecule has 0 fully saturated rings. The van der Waals surface area contributed by atoms with E-state index >= 15 is 0 Å². The number of fused-ring (bicyclic) bond motifs is 2. The van der Waals surface area contributed by atoms with Crippen LogP contribution in [0.15, 0.2) is 60.7 Å². The van der Waals surface area contributed by atoms with Crippen LogP contribution in [0.1, 0.15) is 21.5 Å². The predicted molar refractivity (Wildman–Crippen MR) is 90.1 cm³/mol. The second-order valence-corrected chi connectivity index (χ2v) is 5.66. The highest BCUT2D eigenvalue weighted by Gasteiger charge is 2.28. The van der Waals surface area contributed by atoms with Gasteiger partial charge < -0.3 is 10.2 Å². The zero-order valence-corrected chi connectivity index (χ0v) is 12.5. The van der Waals surface area contributed by atoms with E-state index in [2.05, 4.69) is 0 Å². The molecule has 116 valence electrons. The number of allylic oxidation sites excluding steroid dienone is 1. The molecule has 0 aliphatic heterocycles. The molecular formula is C20H12O4. The number of benzene rings is 3. The molecule has 4 rings (SSSR count). The van der Waals surface area contributed by atoms with Crippen LogP contribution in [-0.4, -0.2) is 21.8 Å². The summed E-state index contributed by atoms with van der Waals surface area (Å²) in [5.74, 6) is -1.26. The third-order valence-corrected chi connectivity index (χ3v) is 4.21. The summed E-state index contributed by atoms with van der Waals surface area (Å²) in [6.07, 6.45) is 1.23. The van der Waals surface area contributed by atoms with Crippen LogP contribution in [0.5, 0.6) is 11.5 Å². The Hall–Kier alpha value is -3.40. The summed E-state index contributed by atoms with van der Waals surface area (Å²) in [5.41, 5.74) is 1.56. The Kier molecular flexibility index (Phi) is 3.00. The lowest BCUT2D eigenvalue weighted by Crippen LogP contribution is -2.19. The maximum absolute atomic E-state index is 12.1. The highest BCUT2D eigenvalue weighted by atomic mass is 16.3. The molecule has 0 atom stereocenters. The molecule has 3 aromatic carbocycles. The standard InChI is InChI=1S/C20H12O4/c21-12-6-7-14-15(9-12)16(10-18(23)20(14)24)19-13-4-2-1-3-11(13)5-8-17(19)22/h1-10,21-22H. The molecule has 0 bridgehead atoms. The first-order valence-electron chi connectivity index (χ1n) is 7.41. The number of ketones is 2. The zero-order chi connectivity index (χ0) is 16.8. The molecule has 0 unspecified atom stereocenters. The van der Waals surface area contributed by atoms with Gasteiger partial charge in [-0.2, -0.15) is 0 Å². The van der Waals surface area contributed by atoms with Crippen molar-refractivity contribution in [3.05, 3.63) is 77.4 Å². The van der Waals surface area contributed by atoms with E-state index in [0.29, 0.717) is 16.7 Å². The molecular weight excluding hydrogens is 304 g/mol. The van der Waals surface area contributed by atoms with Crippen molar-refractivity contribution >= 4 is 27.9 Å². The summed E-state index contributed by atoms with van der Waals surface area (Å²) in [7, 11) is 0. The van der Waals surface area contributed by atoms with Gasteiger partial charge in [-0.25, -0.2) is 0 Å². The fourth-order valence-corrected chi connectivity index (χ4v) is 3.11. The highest BCUT2D eigenvalue weighted by Crippen LogP contribution is 2.40. The van der Waals surface area contributed by atoms with Crippen LogP contribution in [0.25, 0.3) is 16.3 Å². The largest absolute Gasteiger partial charge is 0.508 e. The van der Waals surface area contributed by atoms with Gasteiger partial charge >= 0.3 is 0 Å². The molecule has 24 heavy (non-hydrogen) atoms. The van der Waals surface area contributed by atoms with E-state index in [1.165, 1.54) is 24.3 Å². The first-order chi connectivity index (χ1) is 11.6. The van der Waals surface area contributed by atoms with E-state index < -0.39 is 11.6 Å². The number of Topliss-reactive ketones (excluding diaryl/α,β-unsaturated/α-hetero) is 1. The Labute approximate surface area is 137 Å². The third-order valence-electron chi connectivity index (χ3n) is 4.21. The van der Waals surface area contributed by atoms with Gasteiger partial charge in [0.1, 0.15) is 11.5 Å². The van der Waals surface area contributed by atoms with Crippen molar-refractivity contribution < 1.29 is 19.8 Å². The van der Waals surface area contributed by atoms with Gasteiger partial charge in [0.2, 0.25) is 11.6 Å². The van der Waals surface area contributed by atoms with E-state index in [9.17, 15) is 19.8 Å². The van der Waals surface area contributed by atoms with E-state index in [1.807, 2.05) is 24.3 Å². The van der Waals surface area contributed by atoms with Gasteiger partial charge in [-0.1, -0.05) is 30.3 Å². The second-order valence-electron chi connectivity index (χ2n) is 5.66. The van der Waals surface area contributed by atoms with Crippen LogP contribution in [0.3, 0.4) is 0 Å². The summed E-state index contributed by atoms with van der Waals surface area (Å²) >= 11 is 0. The Morgan fingerprint density at radius 2 is 1.58 bits per heavy atom. The number of carbonyl (C=O) groups is 2. The van der Waals surface area contributed by atoms with Crippen molar-refractivity contribution in [1.29, 1.82) is 0 Å². The first kappa shape index (κ1) is 14.2. The Morgan fingerprint density at radius 3 is 2.42 bits per heavy atom. The quantitative estimate of drug-likeness (QED) is 0.674. The minimum absolute atomic E-state index is 0.0105. The topological polar surface area (TPSA) is 74.6 Å². The van der Waals surface area contributed by atoms with Gasteiger partial charge in [0.05, 0.1) is 0 Å². The summed E-state index contributed by atoms with van der Waals surface area (Å²) in [4.78, 5) is 24.2. The Balaban J connectivity index is 2.10. The molecule has 1 aliphatic carbocycles. The number of rotatable bonds is 1. The van der Waals surface area contributed by atoms with Crippen LogP contribution >= 0.6 is 0 Å². The van der Waals surface area contributed by atoms with Crippen molar-refractivity contribution in [3.63, 3.8) is 0 Å². The third kappa shape index (κ3) is 2.01. The molecule has 0 heterocycles. The molecule has 2 N–H and O–H groups in total. The maximum Gasteiger partial charge on any atom is 0.233 e. The summed E-state index contributed by atoms with van der Waals surface area (Å²) < 4.78 is 0. The first-order valence-corrected chi connectivity index (χ1v) is 7.41. The van der Waals surface area contributed by atoms with Crippen molar-refractivity contribution in [2.24, 2.45) is 0 Å². The van der Waals surface area contributed by atoms with Gasteiger partial charge in [-0.3, -0.25) is 9.59 Å².